The van der Waals surface area contributed by atoms with E-state index in [4.69, 9.17) is 4.52 Å². The molecule has 6 nitrogen and oxygen atoms in total. The molecule has 150 valence electrons. The summed E-state index contributed by atoms with van der Waals surface area (Å²) in [6, 6.07) is 9.78. The molecule has 0 fully saturated rings. The number of ketones is 2. The molecule has 4 rings (SSSR count). The molecule has 0 saturated carbocycles. The third-order valence-corrected chi connectivity index (χ3v) is 5.79. The van der Waals surface area contributed by atoms with Crippen LogP contribution < -0.4 is 0 Å². The first kappa shape index (κ1) is 19.3. The van der Waals surface area contributed by atoms with Crippen LogP contribution in [0.25, 0.3) is 0 Å². The number of aliphatic hydroxyl groups is 1. The van der Waals surface area contributed by atoms with Gasteiger partial charge < -0.3 is 9.63 Å². The lowest BCUT2D eigenvalue weighted by Crippen LogP contribution is -2.24. The summed E-state index contributed by atoms with van der Waals surface area (Å²) < 4.78 is 5.34. The Balaban J connectivity index is 1.52. The van der Waals surface area contributed by atoms with Gasteiger partial charge in [-0.25, -0.2) is 0 Å². The van der Waals surface area contributed by atoms with Crippen LogP contribution in [0.3, 0.4) is 0 Å². The molecule has 1 aromatic heterocycles. The Hall–Kier alpha value is -3.02. The lowest BCUT2D eigenvalue weighted by molar-refractivity contribution is -0.116. The summed E-state index contributed by atoms with van der Waals surface area (Å²) in [5.41, 5.74) is 3.15. The van der Waals surface area contributed by atoms with Crippen LogP contribution in [0.1, 0.15) is 65.4 Å². The Kier molecular flexibility index (Phi) is 5.43. The molecule has 1 atom stereocenters. The molecule has 0 spiro atoms. The number of carbonyl (C=O) groups excluding carboxylic acids is 2. The molecular weight excluding hydrogens is 368 g/mol. The Morgan fingerprint density at radius 2 is 1.97 bits per heavy atom. The van der Waals surface area contributed by atoms with Crippen molar-refractivity contribution in [3.63, 3.8) is 0 Å². The van der Waals surface area contributed by atoms with Crippen LogP contribution in [-0.4, -0.2) is 34.6 Å². The molecule has 0 radical (unpaired) electrons. The van der Waals surface area contributed by atoms with Gasteiger partial charge in [-0.2, -0.15) is 0 Å². The fraction of sp³-hybridized carbons (Fsp3) is 0.391. The molecule has 2 aliphatic rings. The van der Waals surface area contributed by atoms with Gasteiger partial charge in [-0.15, -0.1) is 0 Å². The number of carbonyl (C=O) groups is 2. The van der Waals surface area contributed by atoms with Gasteiger partial charge in [-0.3, -0.25) is 14.6 Å². The smallest absolute Gasteiger partial charge is 0.168 e. The van der Waals surface area contributed by atoms with Gasteiger partial charge in [-0.05, 0) is 30.7 Å². The van der Waals surface area contributed by atoms with Gasteiger partial charge in [0.15, 0.2) is 11.6 Å². The first-order chi connectivity index (χ1) is 14.1. The maximum Gasteiger partial charge on any atom is 0.168 e. The number of allylic oxidation sites excluding steroid dienone is 2. The van der Waals surface area contributed by atoms with Crippen LogP contribution in [0.15, 0.2) is 51.2 Å². The summed E-state index contributed by atoms with van der Waals surface area (Å²) in [4.78, 5) is 29.3. The Morgan fingerprint density at radius 1 is 1.17 bits per heavy atom. The fourth-order valence-electron chi connectivity index (χ4n) is 4.32. The zero-order valence-corrected chi connectivity index (χ0v) is 16.5. The van der Waals surface area contributed by atoms with Crippen LogP contribution in [-0.2, 0) is 17.6 Å². The standard InChI is InChI=1S/C23H24N2O4/c1-24-16(10-11-17-23-18(26)8-5-9-21(23)29-25-17)22-19(27)12-15(13-20(22)28)14-6-3-2-4-7-14/h2-4,6-7,15,27H,5,8-13H2,1H3. The number of fused-ring (bicyclic) bond motifs is 1. The number of benzene rings is 1. The second-order valence-corrected chi connectivity index (χ2v) is 7.64. The molecule has 2 aliphatic carbocycles. The van der Waals surface area contributed by atoms with E-state index < -0.39 is 0 Å². The number of hydrogen-bond acceptors (Lipinski definition) is 6. The molecule has 1 heterocycles. The Labute approximate surface area is 169 Å². The molecule has 2 aromatic rings. The average Bonchev–Trinajstić information content (AvgIpc) is 3.15. The quantitative estimate of drug-likeness (QED) is 0.772. The third kappa shape index (κ3) is 3.79. The van der Waals surface area contributed by atoms with Crippen molar-refractivity contribution >= 4 is 17.3 Å². The minimum absolute atomic E-state index is 0.0225. The minimum Gasteiger partial charge on any atom is -0.511 e. The molecule has 6 heteroatoms. The van der Waals surface area contributed by atoms with E-state index in [1.165, 1.54) is 0 Å². The second-order valence-electron chi connectivity index (χ2n) is 7.64. The molecule has 1 N–H and O–H groups in total. The predicted octanol–water partition coefficient (Wildman–Crippen LogP) is 4.16. The lowest BCUT2D eigenvalue weighted by Gasteiger charge is -2.24. The summed E-state index contributed by atoms with van der Waals surface area (Å²) in [5.74, 6) is 0.702. The van der Waals surface area contributed by atoms with Crippen LogP contribution in [0.4, 0.5) is 0 Å². The van der Waals surface area contributed by atoms with Crippen molar-refractivity contribution in [1.82, 2.24) is 5.16 Å². The fourth-order valence-corrected chi connectivity index (χ4v) is 4.32. The van der Waals surface area contributed by atoms with E-state index in [9.17, 15) is 14.7 Å². The summed E-state index contributed by atoms with van der Waals surface area (Å²) >= 11 is 0. The van der Waals surface area contributed by atoms with Crippen molar-refractivity contribution in [2.75, 3.05) is 7.05 Å². The first-order valence-corrected chi connectivity index (χ1v) is 10.1. The molecule has 0 aliphatic heterocycles. The molecular formula is C23H24N2O4. The average molecular weight is 392 g/mol. The van der Waals surface area contributed by atoms with Crippen LogP contribution >= 0.6 is 0 Å². The number of nitrogens with zero attached hydrogens (tertiary/aromatic N) is 2. The normalized spacial score (nSPS) is 20.2. The third-order valence-electron chi connectivity index (χ3n) is 5.79. The van der Waals surface area contributed by atoms with E-state index in [1.807, 2.05) is 30.3 Å². The number of hydrogen-bond donors (Lipinski definition) is 1. The highest BCUT2D eigenvalue weighted by atomic mass is 16.5. The number of Topliss-reactive ketones (excluding diaryl/α,β-unsaturated/α-hetero) is 2. The van der Waals surface area contributed by atoms with E-state index in [-0.39, 0.29) is 23.2 Å². The van der Waals surface area contributed by atoms with E-state index in [0.717, 1.165) is 18.4 Å². The van der Waals surface area contributed by atoms with E-state index in [1.54, 1.807) is 7.05 Å². The van der Waals surface area contributed by atoms with Gasteiger partial charge in [0.1, 0.15) is 11.5 Å². The van der Waals surface area contributed by atoms with Gasteiger partial charge in [-0.1, -0.05) is 35.5 Å². The number of aryl methyl sites for hydroxylation is 2. The van der Waals surface area contributed by atoms with Crippen LogP contribution in [0.2, 0.25) is 0 Å². The molecule has 0 amide bonds. The summed E-state index contributed by atoms with van der Waals surface area (Å²) in [6.07, 6.45) is 3.67. The van der Waals surface area contributed by atoms with Crippen LogP contribution in [0, 0.1) is 0 Å². The van der Waals surface area contributed by atoms with Crippen molar-refractivity contribution in [2.45, 2.75) is 50.9 Å². The Bertz CT molecular complexity index is 1000. The van der Waals surface area contributed by atoms with Gasteiger partial charge in [0.25, 0.3) is 0 Å². The van der Waals surface area contributed by atoms with E-state index in [0.29, 0.717) is 60.4 Å². The number of aliphatic hydroxyl groups excluding tert-OH is 1. The SMILES string of the molecule is CN=C(CCc1noc2c1C(=O)CCC2)C1=C(O)CC(c2ccccc2)CC1=O. The molecule has 1 aromatic carbocycles. The summed E-state index contributed by atoms with van der Waals surface area (Å²) in [7, 11) is 1.62. The maximum absolute atomic E-state index is 12.8. The highest BCUT2D eigenvalue weighted by Crippen LogP contribution is 2.34. The van der Waals surface area contributed by atoms with Gasteiger partial charge in [0.2, 0.25) is 0 Å². The van der Waals surface area contributed by atoms with Crippen molar-refractivity contribution in [2.24, 2.45) is 4.99 Å². The molecule has 0 saturated heterocycles. The van der Waals surface area contributed by atoms with Crippen LogP contribution in [0.5, 0.6) is 0 Å². The number of aliphatic imine (C=N–C) groups is 1. The van der Waals surface area contributed by atoms with Crippen molar-refractivity contribution < 1.29 is 19.2 Å². The number of rotatable bonds is 5. The van der Waals surface area contributed by atoms with Crippen molar-refractivity contribution in [1.29, 1.82) is 0 Å². The van der Waals surface area contributed by atoms with Crippen molar-refractivity contribution in [3.05, 3.63) is 64.2 Å². The minimum atomic E-state index is -0.0959. The van der Waals surface area contributed by atoms with Gasteiger partial charge in [0, 0.05) is 38.4 Å². The largest absolute Gasteiger partial charge is 0.511 e. The van der Waals surface area contributed by atoms with E-state index >= 15 is 0 Å². The first-order valence-electron chi connectivity index (χ1n) is 10.1. The highest BCUT2D eigenvalue weighted by molar-refractivity contribution is 6.23. The summed E-state index contributed by atoms with van der Waals surface area (Å²) in [6.45, 7) is 0. The molecule has 29 heavy (non-hydrogen) atoms. The zero-order valence-electron chi connectivity index (χ0n) is 16.5. The lowest BCUT2D eigenvalue weighted by atomic mass is 9.80. The number of aromatic nitrogens is 1. The molecule has 1 unspecified atom stereocenters. The summed E-state index contributed by atoms with van der Waals surface area (Å²) in [5, 5.41) is 14.7. The second kappa shape index (κ2) is 8.15. The highest BCUT2D eigenvalue weighted by Gasteiger charge is 2.32. The van der Waals surface area contributed by atoms with Crippen molar-refractivity contribution in [3.8, 4) is 0 Å². The topological polar surface area (TPSA) is 92.8 Å². The Morgan fingerprint density at radius 3 is 2.69 bits per heavy atom. The molecule has 0 bridgehead atoms. The predicted molar refractivity (Wildman–Crippen MR) is 109 cm³/mol. The monoisotopic (exact) mass is 392 g/mol. The maximum atomic E-state index is 12.8. The van der Waals surface area contributed by atoms with Gasteiger partial charge >= 0.3 is 0 Å². The van der Waals surface area contributed by atoms with Gasteiger partial charge in [0.05, 0.1) is 16.8 Å². The zero-order chi connectivity index (χ0) is 20.4. The van der Waals surface area contributed by atoms with E-state index in [2.05, 4.69) is 10.1 Å².